The van der Waals surface area contributed by atoms with Gasteiger partial charge >= 0.3 is 0 Å². The first-order valence-corrected chi connectivity index (χ1v) is 6.15. The van der Waals surface area contributed by atoms with Gasteiger partial charge in [0.05, 0.1) is 6.54 Å². The van der Waals surface area contributed by atoms with Crippen LogP contribution in [-0.2, 0) is 13.2 Å². The van der Waals surface area contributed by atoms with E-state index in [4.69, 9.17) is 14.9 Å². The molecule has 0 bridgehead atoms. The van der Waals surface area contributed by atoms with Gasteiger partial charge in [0.15, 0.2) is 0 Å². The molecule has 17 heavy (non-hydrogen) atoms. The van der Waals surface area contributed by atoms with Gasteiger partial charge in [-0.1, -0.05) is 15.9 Å². The quantitative estimate of drug-likeness (QED) is 0.940. The number of ether oxygens (including phenoxy) is 1. The van der Waals surface area contributed by atoms with Crippen LogP contribution < -0.4 is 10.5 Å². The minimum absolute atomic E-state index is 0.414. The van der Waals surface area contributed by atoms with Crippen LogP contribution in [0.4, 0.5) is 0 Å². The van der Waals surface area contributed by atoms with Gasteiger partial charge in [0.2, 0.25) is 0 Å². The van der Waals surface area contributed by atoms with Crippen LogP contribution in [0.5, 0.6) is 5.75 Å². The third-order valence-corrected chi connectivity index (χ3v) is 3.32. The molecule has 0 aliphatic rings. The highest BCUT2D eigenvalue weighted by atomic mass is 79.9. The van der Waals surface area contributed by atoms with Gasteiger partial charge in [-0.2, -0.15) is 0 Å². The molecule has 1 heterocycles. The third-order valence-electron chi connectivity index (χ3n) is 2.43. The van der Waals surface area contributed by atoms with E-state index in [2.05, 4.69) is 15.9 Å². The zero-order valence-electron chi connectivity index (χ0n) is 9.57. The lowest BCUT2D eigenvalue weighted by Crippen LogP contribution is -1.95. The molecule has 0 saturated heterocycles. The fourth-order valence-corrected chi connectivity index (χ4v) is 1.72. The Morgan fingerprint density at radius 2 is 2.00 bits per heavy atom. The molecule has 1 aromatic carbocycles. The van der Waals surface area contributed by atoms with Gasteiger partial charge in [-0.25, -0.2) is 0 Å². The van der Waals surface area contributed by atoms with Crippen molar-refractivity contribution in [1.29, 1.82) is 0 Å². The first-order chi connectivity index (χ1) is 8.19. The molecule has 0 aliphatic carbocycles. The summed E-state index contributed by atoms with van der Waals surface area (Å²) < 4.78 is 12.2. The summed E-state index contributed by atoms with van der Waals surface area (Å²) in [5, 5.41) is 0. The average Bonchev–Trinajstić information content (AvgIpc) is 2.79. The Hall–Kier alpha value is -1.26. The van der Waals surface area contributed by atoms with Gasteiger partial charge in [0.25, 0.3) is 0 Å². The second-order valence-corrected chi connectivity index (χ2v) is 4.63. The lowest BCUT2D eigenvalue weighted by molar-refractivity contribution is 0.266. The van der Waals surface area contributed by atoms with Gasteiger partial charge in [0.1, 0.15) is 23.9 Å². The number of hydrogen-bond donors (Lipinski definition) is 1. The summed E-state index contributed by atoms with van der Waals surface area (Å²) >= 11 is 3.45. The molecule has 0 unspecified atom stereocenters. The van der Waals surface area contributed by atoms with Crippen molar-refractivity contribution in [2.24, 2.45) is 5.73 Å². The van der Waals surface area contributed by atoms with Crippen molar-refractivity contribution in [2.45, 2.75) is 20.1 Å². The molecule has 2 N–H and O–H groups in total. The molecule has 2 aromatic rings. The van der Waals surface area contributed by atoms with Crippen LogP contribution in [0, 0.1) is 6.92 Å². The molecule has 0 atom stereocenters. The maximum absolute atomic E-state index is 5.63. The Morgan fingerprint density at radius 3 is 2.65 bits per heavy atom. The summed E-state index contributed by atoms with van der Waals surface area (Å²) in [5.74, 6) is 2.39. The number of furan rings is 1. The molecular weight excluding hydrogens is 282 g/mol. The Labute approximate surface area is 109 Å². The number of hydrogen-bond acceptors (Lipinski definition) is 3. The topological polar surface area (TPSA) is 48.4 Å². The Kier molecular flexibility index (Phi) is 3.86. The summed E-state index contributed by atoms with van der Waals surface area (Å²) in [7, 11) is 0. The van der Waals surface area contributed by atoms with Crippen LogP contribution >= 0.6 is 15.9 Å². The number of benzene rings is 1. The van der Waals surface area contributed by atoms with Crippen molar-refractivity contribution in [2.75, 3.05) is 0 Å². The Balaban J connectivity index is 1.99. The molecule has 2 rings (SSSR count). The fourth-order valence-electron chi connectivity index (χ4n) is 1.47. The van der Waals surface area contributed by atoms with Crippen LogP contribution in [0.25, 0.3) is 0 Å². The van der Waals surface area contributed by atoms with E-state index >= 15 is 0 Å². The van der Waals surface area contributed by atoms with Crippen LogP contribution in [-0.4, -0.2) is 0 Å². The highest BCUT2D eigenvalue weighted by molar-refractivity contribution is 9.10. The van der Waals surface area contributed by atoms with Crippen LogP contribution in [0.1, 0.15) is 17.1 Å². The number of aryl methyl sites for hydroxylation is 1. The zero-order chi connectivity index (χ0) is 12.3. The summed E-state index contributed by atoms with van der Waals surface area (Å²) in [4.78, 5) is 0. The Morgan fingerprint density at radius 1 is 1.24 bits per heavy atom. The van der Waals surface area contributed by atoms with E-state index in [1.54, 1.807) is 0 Å². The monoisotopic (exact) mass is 295 g/mol. The molecule has 0 aliphatic heterocycles. The molecule has 0 amide bonds. The lowest BCUT2D eigenvalue weighted by atomic mass is 10.2. The largest absolute Gasteiger partial charge is 0.486 e. The lowest BCUT2D eigenvalue weighted by Gasteiger charge is -2.06. The van der Waals surface area contributed by atoms with E-state index in [0.29, 0.717) is 13.2 Å². The molecule has 4 heteroatoms. The van der Waals surface area contributed by atoms with E-state index in [1.165, 1.54) is 0 Å². The summed E-state index contributed by atoms with van der Waals surface area (Å²) in [6, 6.07) is 9.62. The number of halogens is 1. The second-order valence-electron chi connectivity index (χ2n) is 3.77. The van der Waals surface area contributed by atoms with Crippen molar-refractivity contribution < 1.29 is 9.15 Å². The summed E-state index contributed by atoms with van der Waals surface area (Å²) in [5.41, 5.74) is 6.61. The highest BCUT2D eigenvalue weighted by Gasteiger charge is 2.03. The van der Waals surface area contributed by atoms with Crippen LogP contribution in [0.2, 0.25) is 0 Å². The van der Waals surface area contributed by atoms with E-state index in [0.717, 1.165) is 27.3 Å². The van der Waals surface area contributed by atoms with Gasteiger partial charge in [-0.3, -0.25) is 0 Å². The van der Waals surface area contributed by atoms with E-state index in [9.17, 15) is 0 Å². The summed E-state index contributed by atoms with van der Waals surface area (Å²) in [6.07, 6.45) is 0. The first-order valence-electron chi connectivity index (χ1n) is 5.35. The SMILES string of the molecule is Cc1cc(OCc2ccc(CN)o2)ccc1Br. The van der Waals surface area contributed by atoms with Crippen LogP contribution in [0.15, 0.2) is 39.2 Å². The Bertz CT molecular complexity index is 508. The minimum atomic E-state index is 0.414. The maximum Gasteiger partial charge on any atom is 0.146 e. The van der Waals surface area contributed by atoms with Crippen molar-refractivity contribution in [1.82, 2.24) is 0 Å². The van der Waals surface area contributed by atoms with Crippen molar-refractivity contribution in [3.05, 3.63) is 51.9 Å². The number of rotatable bonds is 4. The molecular formula is C13H14BrNO2. The highest BCUT2D eigenvalue weighted by Crippen LogP contribution is 2.22. The molecule has 0 radical (unpaired) electrons. The maximum atomic E-state index is 5.63. The number of nitrogens with two attached hydrogens (primary N) is 1. The zero-order valence-corrected chi connectivity index (χ0v) is 11.2. The van der Waals surface area contributed by atoms with Crippen LogP contribution in [0.3, 0.4) is 0 Å². The minimum Gasteiger partial charge on any atom is -0.486 e. The molecule has 3 nitrogen and oxygen atoms in total. The molecule has 0 saturated carbocycles. The third kappa shape index (κ3) is 3.11. The van der Waals surface area contributed by atoms with Crippen molar-refractivity contribution in [3.63, 3.8) is 0 Å². The predicted molar refractivity (Wildman–Crippen MR) is 69.8 cm³/mol. The molecule has 90 valence electrons. The van der Waals surface area contributed by atoms with Gasteiger partial charge < -0.3 is 14.9 Å². The fraction of sp³-hybridized carbons (Fsp3) is 0.231. The van der Waals surface area contributed by atoms with Gasteiger partial charge in [-0.05, 0) is 42.8 Å². The second kappa shape index (κ2) is 5.38. The van der Waals surface area contributed by atoms with Gasteiger partial charge in [0, 0.05) is 4.47 Å². The van der Waals surface area contributed by atoms with Crippen molar-refractivity contribution in [3.8, 4) is 5.75 Å². The molecule has 0 fully saturated rings. The predicted octanol–water partition coefficient (Wildman–Crippen LogP) is 3.39. The molecule has 0 spiro atoms. The smallest absolute Gasteiger partial charge is 0.146 e. The standard InChI is InChI=1S/C13H14BrNO2/c1-9-6-10(4-5-13(9)14)16-8-12-3-2-11(7-15)17-12/h2-6H,7-8,15H2,1H3. The van der Waals surface area contributed by atoms with E-state index in [-0.39, 0.29) is 0 Å². The van der Waals surface area contributed by atoms with E-state index in [1.807, 2.05) is 37.3 Å². The first kappa shape index (κ1) is 12.2. The molecule has 1 aromatic heterocycles. The average molecular weight is 296 g/mol. The van der Waals surface area contributed by atoms with E-state index < -0.39 is 0 Å². The summed E-state index contributed by atoms with van der Waals surface area (Å²) in [6.45, 7) is 2.86. The van der Waals surface area contributed by atoms with Gasteiger partial charge in [-0.15, -0.1) is 0 Å². The normalized spacial score (nSPS) is 10.5. The van der Waals surface area contributed by atoms with Crippen molar-refractivity contribution >= 4 is 15.9 Å².